The van der Waals surface area contributed by atoms with E-state index in [1.54, 1.807) is 0 Å². The average molecular weight is 272 g/mol. The summed E-state index contributed by atoms with van der Waals surface area (Å²) >= 11 is 0. The van der Waals surface area contributed by atoms with E-state index in [-0.39, 0.29) is 12.0 Å². The van der Waals surface area contributed by atoms with Crippen molar-refractivity contribution in [3.63, 3.8) is 0 Å². The van der Waals surface area contributed by atoms with Gasteiger partial charge in [-0.15, -0.1) is 0 Å². The average Bonchev–Trinajstić information content (AvgIpc) is 2.45. The quantitative estimate of drug-likeness (QED) is 0.814. The van der Waals surface area contributed by atoms with Gasteiger partial charge < -0.3 is 10.4 Å². The number of rotatable bonds is 7. The van der Waals surface area contributed by atoms with Gasteiger partial charge in [-0.3, -0.25) is 4.98 Å². The summed E-state index contributed by atoms with van der Waals surface area (Å²) < 4.78 is 0. The van der Waals surface area contributed by atoms with Crippen LogP contribution in [0.15, 0.2) is 36.5 Å². The molecular formula is C17H24N2O. The Balaban J connectivity index is 1.89. The summed E-state index contributed by atoms with van der Waals surface area (Å²) in [7, 11) is 0. The molecule has 0 amide bonds. The Hall–Kier alpha value is -1.45. The molecule has 0 atom stereocenters. The van der Waals surface area contributed by atoms with Gasteiger partial charge in [0.1, 0.15) is 0 Å². The van der Waals surface area contributed by atoms with E-state index in [9.17, 15) is 0 Å². The molecule has 3 nitrogen and oxygen atoms in total. The molecule has 20 heavy (non-hydrogen) atoms. The van der Waals surface area contributed by atoms with E-state index < -0.39 is 0 Å². The predicted molar refractivity (Wildman–Crippen MR) is 83.6 cm³/mol. The minimum Gasteiger partial charge on any atom is -0.396 e. The van der Waals surface area contributed by atoms with E-state index in [1.807, 2.05) is 12.3 Å². The lowest BCUT2D eigenvalue weighted by molar-refractivity contribution is 0.236. The van der Waals surface area contributed by atoms with Crippen molar-refractivity contribution in [2.75, 3.05) is 13.2 Å². The smallest absolute Gasteiger partial charge is 0.0702 e. The molecular weight excluding hydrogens is 248 g/mol. The number of fused-ring (bicyclic) bond motifs is 1. The van der Waals surface area contributed by atoms with E-state index in [0.29, 0.717) is 0 Å². The maximum absolute atomic E-state index is 8.91. The van der Waals surface area contributed by atoms with Gasteiger partial charge in [0.25, 0.3) is 0 Å². The first-order chi connectivity index (χ1) is 9.61. The second-order valence-corrected chi connectivity index (χ2v) is 6.13. The van der Waals surface area contributed by atoms with E-state index in [0.717, 1.165) is 31.4 Å². The number of benzene rings is 1. The molecule has 0 saturated heterocycles. The van der Waals surface area contributed by atoms with Gasteiger partial charge in [0.15, 0.2) is 0 Å². The van der Waals surface area contributed by atoms with Crippen molar-refractivity contribution in [1.82, 2.24) is 10.3 Å². The molecule has 0 unspecified atom stereocenters. The third-order valence-corrected chi connectivity index (χ3v) is 3.61. The molecule has 0 saturated carbocycles. The summed E-state index contributed by atoms with van der Waals surface area (Å²) in [4.78, 5) is 4.33. The molecule has 1 heterocycles. The fourth-order valence-corrected chi connectivity index (χ4v) is 2.43. The molecule has 3 heteroatoms. The van der Waals surface area contributed by atoms with E-state index in [1.165, 1.54) is 10.9 Å². The normalized spacial score (nSPS) is 11.9. The second kappa shape index (κ2) is 6.82. The maximum atomic E-state index is 8.91. The van der Waals surface area contributed by atoms with Gasteiger partial charge in [0.05, 0.1) is 5.52 Å². The van der Waals surface area contributed by atoms with Gasteiger partial charge in [-0.2, -0.15) is 0 Å². The van der Waals surface area contributed by atoms with Crippen molar-refractivity contribution in [2.45, 2.75) is 33.2 Å². The number of pyridine rings is 1. The van der Waals surface area contributed by atoms with Gasteiger partial charge >= 0.3 is 0 Å². The molecule has 0 spiro atoms. The lowest BCUT2D eigenvalue weighted by atomic mass is 9.88. The number of aliphatic hydroxyl groups excluding tert-OH is 1. The Bertz CT molecular complexity index is 551. The monoisotopic (exact) mass is 272 g/mol. The highest BCUT2D eigenvalue weighted by atomic mass is 16.2. The Kier molecular flexibility index (Phi) is 5.10. The fraction of sp³-hybridized carbons (Fsp3) is 0.471. The van der Waals surface area contributed by atoms with Crippen molar-refractivity contribution in [3.8, 4) is 0 Å². The fourth-order valence-electron chi connectivity index (χ4n) is 2.43. The Morgan fingerprint density at radius 1 is 1.25 bits per heavy atom. The molecule has 0 fully saturated rings. The van der Waals surface area contributed by atoms with Crippen molar-refractivity contribution in [2.24, 2.45) is 5.41 Å². The molecule has 0 aliphatic carbocycles. The van der Waals surface area contributed by atoms with E-state index in [4.69, 9.17) is 5.11 Å². The zero-order valence-electron chi connectivity index (χ0n) is 12.4. The molecule has 0 bridgehead atoms. The van der Waals surface area contributed by atoms with Crippen LogP contribution in [-0.2, 0) is 6.54 Å². The van der Waals surface area contributed by atoms with Gasteiger partial charge in [0, 0.05) is 31.3 Å². The van der Waals surface area contributed by atoms with Gasteiger partial charge in [-0.25, -0.2) is 0 Å². The summed E-state index contributed by atoms with van der Waals surface area (Å²) in [5, 5.41) is 13.6. The number of hydrogen-bond acceptors (Lipinski definition) is 3. The van der Waals surface area contributed by atoms with Crippen LogP contribution in [0.25, 0.3) is 10.9 Å². The first-order valence-corrected chi connectivity index (χ1v) is 7.26. The number of hydrogen-bond donors (Lipinski definition) is 2. The molecule has 0 radical (unpaired) electrons. The largest absolute Gasteiger partial charge is 0.396 e. The predicted octanol–water partition coefficient (Wildman–Crippen LogP) is 3.12. The second-order valence-electron chi connectivity index (χ2n) is 6.13. The topological polar surface area (TPSA) is 45.1 Å². The van der Waals surface area contributed by atoms with Gasteiger partial charge in [0.2, 0.25) is 0 Å². The van der Waals surface area contributed by atoms with Crippen LogP contribution < -0.4 is 5.32 Å². The molecule has 2 aromatic rings. The first kappa shape index (κ1) is 14.9. The minimum absolute atomic E-state index is 0.223. The van der Waals surface area contributed by atoms with E-state index >= 15 is 0 Å². The summed E-state index contributed by atoms with van der Waals surface area (Å²) in [5.74, 6) is 0. The molecule has 1 aromatic heterocycles. The number of aliphatic hydroxyl groups is 1. The third-order valence-electron chi connectivity index (χ3n) is 3.61. The highest BCUT2D eigenvalue weighted by Crippen LogP contribution is 2.21. The van der Waals surface area contributed by atoms with Crippen LogP contribution in [0.2, 0.25) is 0 Å². The lowest BCUT2D eigenvalue weighted by Gasteiger charge is -2.24. The van der Waals surface area contributed by atoms with Crippen molar-refractivity contribution in [3.05, 3.63) is 42.1 Å². The maximum Gasteiger partial charge on any atom is 0.0702 e. The highest BCUT2D eigenvalue weighted by molar-refractivity contribution is 5.78. The van der Waals surface area contributed by atoms with Gasteiger partial charge in [-0.05, 0) is 42.0 Å². The molecule has 2 N–H and O–H groups in total. The lowest BCUT2D eigenvalue weighted by Crippen LogP contribution is -2.29. The summed E-state index contributed by atoms with van der Waals surface area (Å²) in [6.07, 6.45) is 3.73. The standard InChI is InChI=1S/C17H24N2O/c1-17(2,8-4-10-20)13-18-12-14-6-7-16-15(11-14)5-3-9-19-16/h3,5-7,9,11,18,20H,4,8,10,12-13H2,1-2H3. The number of nitrogens with zero attached hydrogens (tertiary/aromatic N) is 1. The first-order valence-electron chi connectivity index (χ1n) is 7.26. The zero-order chi connectivity index (χ0) is 14.4. The van der Waals surface area contributed by atoms with Crippen molar-refractivity contribution < 1.29 is 5.11 Å². The van der Waals surface area contributed by atoms with Gasteiger partial charge in [-0.1, -0.05) is 26.0 Å². The minimum atomic E-state index is 0.223. The molecule has 0 aliphatic heterocycles. The Labute approximate surface area is 121 Å². The SMILES string of the molecule is CC(C)(CCCO)CNCc1ccc2ncccc2c1. The zero-order valence-corrected chi connectivity index (χ0v) is 12.4. The third kappa shape index (κ3) is 4.29. The van der Waals surface area contributed by atoms with Crippen molar-refractivity contribution in [1.29, 1.82) is 0 Å². The summed E-state index contributed by atoms with van der Waals surface area (Å²) in [6, 6.07) is 10.5. The van der Waals surface area contributed by atoms with Crippen LogP contribution in [0.1, 0.15) is 32.3 Å². The molecule has 108 valence electrons. The Morgan fingerprint density at radius 3 is 2.90 bits per heavy atom. The summed E-state index contributed by atoms with van der Waals surface area (Å²) in [5.41, 5.74) is 2.55. The molecule has 1 aromatic carbocycles. The van der Waals surface area contributed by atoms with Crippen LogP contribution >= 0.6 is 0 Å². The molecule has 2 rings (SSSR count). The van der Waals surface area contributed by atoms with Crippen LogP contribution in [0.4, 0.5) is 0 Å². The van der Waals surface area contributed by atoms with E-state index in [2.05, 4.69) is 48.4 Å². The summed E-state index contributed by atoms with van der Waals surface area (Å²) in [6.45, 7) is 6.58. The number of aromatic nitrogens is 1. The highest BCUT2D eigenvalue weighted by Gasteiger charge is 2.16. The van der Waals surface area contributed by atoms with Crippen LogP contribution in [0, 0.1) is 5.41 Å². The van der Waals surface area contributed by atoms with Crippen LogP contribution in [0.3, 0.4) is 0 Å². The van der Waals surface area contributed by atoms with Crippen LogP contribution in [-0.4, -0.2) is 23.2 Å². The number of nitrogens with one attached hydrogen (secondary N) is 1. The van der Waals surface area contributed by atoms with Crippen LogP contribution in [0.5, 0.6) is 0 Å². The Morgan fingerprint density at radius 2 is 2.10 bits per heavy atom. The molecule has 0 aliphatic rings. The van der Waals surface area contributed by atoms with Crippen molar-refractivity contribution >= 4 is 10.9 Å².